The Morgan fingerprint density at radius 3 is 2.52 bits per heavy atom. The summed E-state index contributed by atoms with van der Waals surface area (Å²) in [4.78, 5) is 0. The van der Waals surface area contributed by atoms with Crippen molar-refractivity contribution in [1.82, 2.24) is 5.32 Å². The molecule has 0 fully saturated rings. The molecule has 1 N–H and O–H groups in total. The Balaban J connectivity index is 1.85. The topological polar surface area (TPSA) is 30.5 Å². The second-order valence-electron chi connectivity index (χ2n) is 5.25. The molecule has 0 saturated carbocycles. The number of para-hydroxylation sites is 2. The van der Waals surface area contributed by atoms with Crippen LogP contribution in [0.25, 0.3) is 0 Å². The maximum absolute atomic E-state index is 6.26. The van der Waals surface area contributed by atoms with Crippen molar-refractivity contribution in [2.24, 2.45) is 0 Å². The van der Waals surface area contributed by atoms with Gasteiger partial charge in [0.2, 0.25) is 0 Å². The minimum atomic E-state index is 0.0960. The monoisotopic (exact) mass is 283 g/mol. The normalized spacial score (nSPS) is 20.1. The number of hydrogen-bond acceptors (Lipinski definition) is 3. The van der Waals surface area contributed by atoms with Gasteiger partial charge in [-0.05, 0) is 29.8 Å². The first-order valence-corrected chi connectivity index (χ1v) is 7.44. The summed E-state index contributed by atoms with van der Waals surface area (Å²) in [6.07, 6.45) is 1.02. The van der Waals surface area contributed by atoms with Gasteiger partial charge in [0.25, 0.3) is 0 Å². The molecule has 2 aromatic carbocycles. The predicted octanol–water partition coefficient (Wildman–Crippen LogP) is 3.35. The highest BCUT2D eigenvalue weighted by Crippen LogP contribution is 2.36. The number of methoxy groups -OCH3 is 1. The number of ether oxygens (including phenoxy) is 2. The minimum absolute atomic E-state index is 0.0960. The van der Waals surface area contributed by atoms with Crippen molar-refractivity contribution < 1.29 is 9.47 Å². The highest BCUT2D eigenvalue weighted by atomic mass is 16.5. The molecule has 2 atom stereocenters. The Labute approximate surface area is 125 Å². The summed E-state index contributed by atoms with van der Waals surface area (Å²) in [5, 5.41) is 3.54. The molecule has 1 aliphatic carbocycles. The maximum atomic E-state index is 6.26. The number of benzene rings is 2. The molecule has 21 heavy (non-hydrogen) atoms. The van der Waals surface area contributed by atoms with E-state index >= 15 is 0 Å². The van der Waals surface area contributed by atoms with Crippen LogP contribution in [0, 0.1) is 0 Å². The van der Waals surface area contributed by atoms with Gasteiger partial charge in [-0.15, -0.1) is 0 Å². The molecular formula is C18H21NO2. The lowest BCUT2D eigenvalue weighted by Gasteiger charge is -2.23. The molecule has 0 aromatic heterocycles. The first-order chi connectivity index (χ1) is 10.3. The van der Waals surface area contributed by atoms with Gasteiger partial charge in [-0.1, -0.05) is 43.3 Å². The molecular weight excluding hydrogens is 262 g/mol. The Morgan fingerprint density at radius 2 is 1.76 bits per heavy atom. The van der Waals surface area contributed by atoms with E-state index in [4.69, 9.17) is 9.47 Å². The van der Waals surface area contributed by atoms with E-state index in [1.165, 1.54) is 11.1 Å². The summed E-state index contributed by atoms with van der Waals surface area (Å²) in [6.45, 7) is 3.05. The van der Waals surface area contributed by atoms with E-state index in [0.717, 1.165) is 24.5 Å². The van der Waals surface area contributed by atoms with Crippen molar-refractivity contribution in [2.75, 3.05) is 13.7 Å². The molecule has 1 aliphatic rings. The second kappa shape index (κ2) is 6.19. The zero-order valence-corrected chi connectivity index (χ0v) is 12.5. The van der Waals surface area contributed by atoms with Crippen LogP contribution in [0.5, 0.6) is 11.5 Å². The molecule has 0 amide bonds. The van der Waals surface area contributed by atoms with Crippen molar-refractivity contribution >= 4 is 0 Å². The van der Waals surface area contributed by atoms with E-state index in [2.05, 4.69) is 36.5 Å². The molecule has 2 unspecified atom stereocenters. The smallest absolute Gasteiger partial charge is 0.161 e. The van der Waals surface area contributed by atoms with Crippen LogP contribution < -0.4 is 14.8 Å². The molecule has 0 aliphatic heterocycles. The van der Waals surface area contributed by atoms with Crippen LogP contribution >= 0.6 is 0 Å². The summed E-state index contributed by atoms with van der Waals surface area (Å²) in [5.41, 5.74) is 2.71. The van der Waals surface area contributed by atoms with Crippen molar-refractivity contribution in [3.63, 3.8) is 0 Å². The number of nitrogens with one attached hydrogen (secondary N) is 1. The molecule has 110 valence electrons. The first kappa shape index (κ1) is 14.0. The summed E-state index contributed by atoms with van der Waals surface area (Å²) in [6, 6.07) is 16.6. The van der Waals surface area contributed by atoms with Crippen molar-refractivity contribution in [3.05, 3.63) is 59.7 Å². The second-order valence-corrected chi connectivity index (χ2v) is 5.25. The number of hydrogen-bond donors (Lipinski definition) is 1. The van der Waals surface area contributed by atoms with Crippen molar-refractivity contribution in [1.29, 1.82) is 0 Å². The van der Waals surface area contributed by atoms with E-state index in [0.29, 0.717) is 0 Å². The lowest BCUT2D eigenvalue weighted by molar-refractivity contribution is 0.162. The lowest BCUT2D eigenvalue weighted by atomic mass is 10.1. The van der Waals surface area contributed by atoms with E-state index in [1.54, 1.807) is 7.11 Å². The molecule has 3 nitrogen and oxygen atoms in total. The number of fused-ring (bicyclic) bond motifs is 1. The summed E-state index contributed by atoms with van der Waals surface area (Å²) in [5.74, 6) is 1.59. The van der Waals surface area contributed by atoms with Crippen LogP contribution in [0.4, 0.5) is 0 Å². The molecule has 0 radical (unpaired) electrons. The summed E-state index contributed by atoms with van der Waals surface area (Å²) in [7, 11) is 1.67. The van der Waals surface area contributed by atoms with E-state index in [9.17, 15) is 0 Å². The van der Waals surface area contributed by atoms with Crippen molar-refractivity contribution in [2.45, 2.75) is 25.5 Å². The van der Waals surface area contributed by atoms with Crippen LogP contribution in [-0.2, 0) is 6.42 Å². The molecule has 2 aromatic rings. The fourth-order valence-corrected chi connectivity index (χ4v) is 3.01. The lowest BCUT2D eigenvalue weighted by Crippen LogP contribution is -2.32. The molecule has 3 rings (SSSR count). The van der Waals surface area contributed by atoms with Gasteiger partial charge in [0.15, 0.2) is 11.5 Å². The Morgan fingerprint density at radius 1 is 1.05 bits per heavy atom. The third kappa shape index (κ3) is 2.74. The third-order valence-electron chi connectivity index (χ3n) is 3.95. The quantitative estimate of drug-likeness (QED) is 0.913. The fourth-order valence-electron chi connectivity index (χ4n) is 3.01. The summed E-state index contributed by atoms with van der Waals surface area (Å²) >= 11 is 0. The van der Waals surface area contributed by atoms with Gasteiger partial charge in [0.05, 0.1) is 13.2 Å². The number of likely N-dealkylation sites (N-methyl/N-ethyl adjacent to an activating group) is 1. The Bertz CT molecular complexity index is 612. The predicted molar refractivity (Wildman–Crippen MR) is 84.0 cm³/mol. The average molecular weight is 283 g/mol. The molecule has 0 heterocycles. The Kier molecular flexibility index (Phi) is 4.11. The first-order valence-electron chi connectivity index (χ1n) is 7.44. The van der Waals surface area contributed by atoms with Gasteiger partial charge >= 0.3 is 0 Å². The van der Waals surface area contributed by atoms with Crippen molar-refractivity contribution in [3.8, 4) is 11.5 Å². The fraction of sp³-hybridized carbons (Fsp3) is 0.333. The molecule has 3 heteroatoms. The van der Waals surface area contributed by atoms with Gasteiger partial charge in [0.1, 0.15) is 6.10 Å². The molecule has 0 saturated heterocycles. The van der Waals surface area contributed by atoms with E-state index in [-0.39, 0.29) is 12.1 Å². The Hall–Kier alpha value is -2.00. The van der Waals surface area contributed by atoms with Gasteiger partial charge in [-0.2, -0.15) is 0 Å². The minimum Gasteiger partial charge on any atom is -0.493 e. The van der Waals surface area contributed by atoms with Gasteiger partial charge in [-0.25, -0.2) is 0 Å². The SMILES string of the molecule is CCNC1c2ccccc2CC1Oc1ccccc1OC. The van der Waals surface area contributed by atoms with Gasteiger partial charge < -0.3 is 14.8 Å². The van der Waals surface area contributed by atoms with Gasteiger partial charge in [0, 0.05) is 6.42 Å². The van der Waals surface area contributed by atoms with Crippen LogP contribution in [0.1, 0.15) is 24.1 Å². The molecule has 0 bridgehead atoms. The van der Waals surface area contributed by atoms with Crippen LogP contribution in [-0.4, -0.2) is 19.8 Å². The van der Waals surface area contributed by atoms with E-state index < -0.39 is 0 Å². The van der Waals surface area contributed by atoms with Crippen LogP contribution in [0.15, 0.2) is 48.5 Å². The van der Waals surface area contributed by atoms with Crippen LogP contribution in [0.2, 0.25) is 0 Å². The molecule has 0 spiro atoms. The van der Waals surface area contributed by atoms with E-state index in [1.807, 2.05) is 24.3 Å². The average Bonchev–Trinajstić information content (AvgIpc) is 2.86. The largest absolute Gasteiger partial charge is 0.493 e. The maximum Gasteiger partial charge on any atom is 0.161 e. The van der Waals surface area contributed by atoms with Crippen LogP contribution in [0.3, 0.4) is 0 Å². The highest BCUT2D eigenvalue weighted by Gasteiger charge is 2.33. The third-order valence-corrected chi connectivity index (χ3v) is 3.95. The van der Waals surface area contributed by atoms with Gasteiger partial charge in [-0.3, -0.25) is 0 Å². The zero-order chi connectivity index (χ0) is 14.7. The summed E-state index contributed by atoms with van der Waals surface area (Å²) < 4.78 is 11.6. The highest BCUT2D eigenvalue weighted by molar-refractivity contribution is 5.42. The standard InChI is InChI=1S/C18H21NO2/c1-3-19-18-14-9-5-4-8-13(14)12-17(18)21-16-11-7-6-10-15(16)20-2/h4-11,17-19H,3,12H2,1-2H3. The zero-order valence-electron chi connectivity index (χ0n) is 12.5. The number of rotatable bonds is 5.